The molecule has 19 heavy (non-hydrogen) atoms. The molecule has 0 saturated heterocycles. The molecule has 4 nitrogen and oxygen atoms in total. The molecule has 0 aliphatic rings. The Bertz CT molecular complexity index is 621. The predicted octanol–water partition coefficient (Wildman–Crippen LogP) is 2.67. The number of carbonyl (C=O) groups is 1. The largest absolute Gasteiger partial charge is 0.508 e. The quantitative estimate of drug-likeness (QED) is 0.574. The topological polar surface area (TPSA) is 75.3 Å². The Hall–Kier alpha value is -2.56. The monoisotopic (exact) mass is 260 g/mol. The van der Waals surface area contributed by atoms with Crippen molar-refractivity contribution in [1.29, 1.82) is 0 Å². The summed E-state index contributed by atoms with van der Waals surface area (Å²) >= 11 is 0. The van der Waals surface area contributed by atoms with Crippen molar-refractivity contribution >= 4 is 17.3 Å². The highest BCUT2D eigenvalue weighted by Crippen LogP contribution is 2.24. The number of rotatable bonds is 2. The van der Waals surface area contributed by atoms with Crippen LogP contribution in [-0.4, -0.2) is 11.0 Å². The van der Waals surface area contributed by atoms with E-state index in [4.69, 9.17) is 5.73 Å². The van der Waals surface area contributed by atoms with Crippen molar-refractivity contribution in [1.82, 2.24) is 0 Å². The molecule has 0 spiro atoms. The highest BCUT2D eigenvalue weighted by atomic mass is 19.1. The minimum atomic E-state index is -0.469. The number of nitrogens with two attached hydrogens (primary N) is 1. The van der Waals surface area contributed by atoms with Gasteiger partial charge in [-0.2, -0.15) is 0 Å². The molecule has 1 amide bonds. The summed E-state index contributed by atoms with van der Waals surface area (Å²) in [5, 5.41) is 11.8. The molecule has 0 radical (unpaired) electrons. The predicted molar refractivity (Wildman–Crippen MR) is 71.6 cm³/mol. The molecule has 0 aliphatic heterocycles. The SMILES string of the molecule is Cc1cc(F)cc(C(=O)Nc2ccc(O)cc2N)c1. The maximum Gasteiger partial charge on any atom is 0.255 e. The lowest BCUT2D eigenvalue weighted by molar-refractivity contribution is 0.102. The summed E-state index contributed by atoms with van der Waals surface area (Å²) in [6, 6.07) is 8.28. The summed E-state index contributed by atoms with van der Waals surface area (Å²) in [7, 11) is 0. The molecule has 0 unspecified atom stereocenters. The lowest BCUT2D eigenvalue weighted by atomic mass is 10.1. The average Bonchev–Trinajstić information content (AvgIpc) is 2.31. The van der Waals surface area contributed by atoms with Crippen molar-refractivity contribution in [2.24, 2.45) is 0 Å². The molecule has 4 N–H and O–H groups in total. The zero-order valence-corrected chi connectivity index (χ0v) is 10.3. The second-order valence-corrected chi connectivity index (χ2v) is 4.24. The van der Waals surface area contributed by atoms with Crippen LogP contribution in [0.3, 0.4) is 0 Å². The number of phenolic OH excluding ortho intramolecular Hbond substituents is 1. The first-order valence-electron chi connectivity index (χ1n) is 5.63. The van der Waals surface area contributed by atoms with E-state index in [1.54, 1.807) is 13.0 Å². The zero-order chi connectivity index (χ0) is 14.0. The van der Waals surface area contributed by atoms with Crippen LogP contribution in [0.5, 0.6) is 5.75 Å². The molecular formula is C14H13FN2O2. The molecule has 0 aliphatic carbocycles. The number of benzene rings is 2. The van der Waals surface area contributed by atoms with Crippen LogP contribution in [0.15, 0.2) is 36.4 Å². The van der Waals surface area contributed by atoms with Crippen LogP contribution in [0.25, 0.3) is 0 Å². The van der Waals surface area contributed by atoms with Gasteiger partial charge in [0.2, 0.25) is 0 Å². The lowest BCUT2D eigenvalue weighted by Crippen LogP contribution is -2.13. The van der Waals surface area contributed by atoms with Gasteiger partial charge in [-0.15, -0.1) is 0 Å². The number of nitrogen functional groups attached to an aromatic ring is 1. The number of carbonyl (C=O) groups excluding carboxylic acids is 1. The fourth-order valence-electron chi connectivity index (χ4n) is 1.73. The summed E-state index contributed by atoms with van der Waals surface area (Å²) in [6.07, 6.45) is 0. The van der Waals surface area contributed by atoms with Crippen molar-refractivity contribution in [3.63, 3.8) is 0 Å². The van der Waals surface area contributed by atoms with Crippen molar-refractivity contribution in [3.05, 3.63) is 53.3 Å². The normalized spacial score (nSPS) is 10.2. The van der Waals surface area contributed by atoms with Crippen molar-refractivity contribution in [2.75, 3.05) is 11.1 Å². The van der Waals surface area contributed by atoms with Gasteiger partial charge in [0.25, 0.3) is 5.91 Å². The maximum atomic E-state index is 13.2. The molecule has 0 bridgehead atoms. The van der Waals surface area contributed by atoms with E-state index < -0.39 is 11.7 Å². The van der Waals surface area contributed by atoms with Gasteiger partial charge in [0.15, 0.2) is 0 Å². The molecule has 0 atom stereocenters. The first-order chi connectivity index (χ1) is 8.95. The molecule has 98 valence electrons. The number of aromatic hydroxyl groups is 1. The van der Waals surface area contributed by atoms with Gasteiger partial charge in [0.05, 0.1) is 11.4 Å². The first kappa shape index (κ1) is 12.9. The number of nitrogens with one attached hydrogen (secondary N) is 1. The summed E-state index contributed by atoms with van der Waals surface area (Å²) in [6.45, 7) is 1.70. The minimum absolute atomic E-state index is 0.0112. The van der Waals surface area contributed by atoms with E-state index in [2.05, 4.69) is 5.32 Å². The zero-order valence-electron chi connectivity index (χ0n) is 10.3. The van der Waals surface area contributed by atoms with Crippen molar-refractivity contribution < 1.29 is 14.3 Å². The molecule has 2 aromatic rings. The van der Waals surface area contributed by atoms with Crippen molar-refractivity contribution in [3.8, 4) is 5.75 Å². The second kappa shape index (κ2) is 4.97. The third kappa shape index (κ3) is 3.01. The van der Waals surface area contributed by atoms with Crippen LogP contribution in [0, 0.1) is 12.7 Å². The summed E-state index contributed by atoms with van der Waals surface area (Å²) in [5.74, 6) is -0.916. The highest BCUT2D eigenvalue weighted by molar-refractivity contribution is 6.05. The van der Waals surface area contributed by atoms with Gasteiger partial charge in [0, 0.05) is 11.6 Å². The molecule has 5 heteroatoms. The second-order valence-electron chi connectivity index (χ2n) is 4.24. The minimum Gasteiger partial charge on any atom is -0.508 e. The molecular weight excluding hydrogens is 247 g/mol. The number of halogens is 1. The summed E-state index contributed by atoms with van der Waals surface area (Å²) in [5.41, 5.74) is 7.13. The fourth-order valence-corrected chi connectivity index (χ4v) is 1.73. The van der Waals surface area contributed by atoms with Gasteiger partial charge in [-0.3, -0.25) is 4.79 Å². The smallest absolute Gasteiger partial charge is 0.255 e. The van der Waals surface area contributed by atoms with E-state index in [-0.39, 0.29) is 17.0 Å². The van der Waals surface area contributed by atoms with Gasteiger partial charge in [-0.1, -0.05) is 0 Å². The van der Waals surface area contributed by atoms with E-state index in [1.165, 1.54) is 24.3 Å². The Kier molecular flexibility index (Phi) is 3.37. The highest BCUT2D eigenvalue weighted by Gasteiger charge is 2.10. The van der Waals surface area contributed by atoms with Crippen LogP contribution >= 0.6 is 0 Å². The third-order valence-corrected chi connectivity index (χ3v) is 2.59. The Morgan fingerprint density at radius 2 is 2.00 bits per heavy atom. The molecule has 0 saturated carbocycles. The van der Waals surface area contributed by atoms with E-state index in [9.17, 15) is 14.3 Å². The fraction of sp³-hybridized carbons (Fsp3) is 0.0714. The third-order valence-electron chi connectivity index (χ3n) is 2.59. The van der Waals surface area contributed by atoms with E-state index >= 15 is 0 Å². The number of phenols is 1. The number of anilines is 2. The van der Waals surface area contributed by atoms with Crippen molar-refractivity contribution in [2.45, 2.75) is 6.92 Å². The van der Waals surface area contributed by atoms with Gasteiger partial charge in [-0.25, -0.2) is 4.39 Å². The average molecular weight is 260 g/mol. The Morgan fingerprint density at radius 1 is 1.26 bits per heavy atom. The Labute approximate surface area is 109 Å². The van der Waals surface area contributed by atoms with Crippen LogP contribution in [0.1, 0.15) is 15.9 Å². The number of amides is 1. The van der Waals surface area contributed by atoms with Gasteiger partial charge in [-0.05, 0) is 42.8 Å². The number of aryl methyl sites for hydroxylation is 1. The van der Waals surface area contributed by atoms with Crippen LogP contribution in [-0.2, 0) is 0 Å². The standard InChI is InChI=1S/C14H13FN2O2/c1-8-4-9(6-10(15)5-8)14(19)17-13-3-2-11(18)7-12(13)16/h2-7,18H,16H2,1H3,(H,17,19). The number of hydrogen-bond donors (Lipinski definition) is 3. The molecule has 2 aromatic carbocycles. The molecule has 0 heterocycles. The summed E-state index contributed by atoms with van der Waals surface area (Å²) in [4.78, 5) is 12.0. The Balaban J connectivity index is 2.25. The number of hydrogen-bond acceptors (Lipinski definition) is 3. The first-order valence-corrected chi connectivity index (χ1v) is 5.63. The summed E-state index contributed by atoms with van der Waals surface area (Å²) < 4.78 is 13.2. The van der Waals surface area contributed by atoms with Crippen LogP contribution in [0.4, 0.5) is 15.8 Å². The molecule has 0 aromatic heterocycles. The lowest BCUT2D eigenvalue weighted by Gasteiger charge is -2.09. The molecule has 0 fully saturated rings. The van der Waals surface area contributed by atoms with E-state index in [1.807, 2.05) is 0 Å². The van der Waals surface area contributed by atoms with Gasteiger partial charge in [0.1, 0.15) is 11.6 Å². The van der Waals surface area contributed by atoms with E-state index in [0.29, 0.717) is 11.3 Å². The van der Waals surface area contributed by atoms with Crippen LogP contribution < -0.4 is 11.1 Å². The van der Waals surface area contributed by atoms with Gasteiger partial charge >= 0.3 is 0 Å². The van der Waals surface area contributed by atoms with E-state index in [0.717, 1.165) is 6.07 Å². The maximum absolute atomic E-state index is 13.2. The Morgan fingerprint density at radius 3 is 2.63 bits per heavy atom. The molecule has 2 rings (SSSR count). The van der Waals surface area contributed by atoms with Gasteiger partial charge < -0.3 is 16.2 Å². The van der Waals surface area contributed by atoms with Crippen LogP contribution in [0.2, 0.25) is 0 Å².